The summed E-state index contributed by atoms with van der Waals surface area (Å²) in [5, 5.41) is 2.67. The minimum Gasteiger partial charge on any atom is -0.458 e. The maximum Gasteiger partial charge on any atom is 0.328 e. The molecule has 0 aliphatic carbocycles. The van der Waals surface area contributed by atoms with Gasteiger partial charge in [0, 0.05) is 11.3 Å². The van der Waals surface area contributed by atoms with Crippen molar-refractivity contribution in [1.82, 2.24) is 5.32 Å². The van der Waals surface area contributed by atoms with Crippen LogP contribution in [0.5, 0.6) is 0 Å². The first-order valence-corrected chi connectivity index (χ1v) is 8.55. The number of carbonyl (C=O) groups excluding carboxylic acids is 2. The molecule has 6 heteroatoms. The molecule has 0 aliphatic heterocycles. The zero-order valence-electron chi connectivity index (χ0n) is 12.9. The molecule has 0 aliphatic rings. The lowest BCUT2D eigenvalue weighted by molar-refractivity contribution is -0.158. The fourth-order valence-corrected chi connectivity index (χ4v) is 3.20. The molecule has 0 spiro atoms. The van der Waals surface area contributed by atoms with E-state index in [0.29, 0.717) is 6.42 Å². The van der Waals surface area contributed by atoms with E-state index in [9.17, 15) is 9.59 Å². The number of carbonyl (C=O) groups is 2. The van der Waals surface area contributed by atoms with Gasteiger partial charge in [0.05, 0.1) is 3.79 Å². The van der Waals surface area contributed by atoms with Gasteiger partial charge in [-0.25, -0.2) is 4.79 Å². The quantitative estimate of drug-likeness (QED) is 0.771. The summed E-state index contributed by atoms with van der Waals surface area (Å²) in [5.74, 6) is -0.526. The maximum absolute atomic E-state index is 11.8. The number of esters is 1. The number of hydrogen-bond donors (Lipinski definition) is 1. The topological polar surface area (TPSA) is 55.4 Å². The van der Waals surface area contributed by atoms with E-state index in [-0.39, 0.29) is 5.91 Å². The van der Waals surface area contributed by atoms with Gasteiger partial charge in [-0.15, -0.1) is 11.3 Å². The third-order valence-electron chi connectivity index (χ3n) is 2.59. The highest BCUT2D eigenvalue weighted by Crippen LogP contribution is 2.23. The van der Waals surface area contributed by atoms with Crippen molar-refractivity contribution in [3.8, 4) is 0 Å². The van der Waals surface area contributed by atoms with Gasteiger partial charge in [0.2, 0.25) is 5.91 Å². The zero-order valence-corrected chi connectivity index (χ0v) is 15.3. The van der Waals surface area contributed by atoms with Gasteiger partial charge in [0.25, 0.3) is 0 Å². The fourth-order valence-electron chi connectivity index (χ4n) is 1.67. The van der Waals surface area contributed by atoms with Crippen LogP contribution >= 0.6 is 27.3 Å². The molecule has 4 nitrogen and oxygen atoms in total. The van der Waals surface area contributed by atoms with Crippen LogP contribution in [0.1, 0.15) is 45.4 Å². The van der Waals surface area contributed by atoms with Crippen LogP contribution in [0.25, 0.3) is 0 Å². The molecule has 1 aromatic heterocycles. The fraction of sp³-hybridized carbons (Fsp3) is 0.600. The van der Waals surface area contributed by atoms with Crippen molar-refractivity contribution in [2.75, 3.05) is 0 Å². The van der Waals surface area contributed by atoms with Crippen LogP contribution in [0.4, 0.5) is 0 Å². The minimum atomic E-state index is -0.618. The van der Waals surface area contributed by atoms with Crippen molar-refractivity contribution in [1.29, 1.82) is 0 Å². The normalized spacial score (nSPS) is 12.8. The number of aryl methyl sites for hydroxylation is 1. The molecule has 1 amide bonds. The van der Waals surface area contributed by atoms with E-state index in [4.69, 9.17) is 4.74 Å². The van der Waals surface area contributed by atoms with Gasteiger partial charge < -0.3 is 10.1 Å². The van der Waals surface area contributed by atoms with E-state index >= 15 is 0 Å². The molecule has 0 radical (unpaired) electrons. The zero-order chi connectivity index (χ0) is 16.0. The third-order valence-corrected chi connectivity index (χ3v) is 4.28. The minimum absolute atomic E-state index is 0.121. The summed E-state index contributed by atoms with van der Waals surface area (Å²) in [5.41, 5.74) is -0.539. The van der Waals surface area contributed by atoms with Gasteiger partial charge >= 0.3 is 5.97 Å². The Hall–Kier alpha value is -0.880. The standard InChI is InChI=1S/C15H22BrNO3S/c1-10(14(19)20-15(2,3)4)17-13(18)7-5-6-11-8-9-12(16)21-11/h8-10H,5-7H2,1-4H3,(H,17,18)/t10-/m0/s1. The van der Waals surface area contributed by atoms with Crippen LogP contribution in [-0.2, 0) is 20.7 Å². The lowest BCUT2D eigenvalue weighted by atomic mass is 10.2. The van der Waals surface area contributed by atoms with Gasteiger partial charge in [-0.2, -0.15) is 0 Å². The van der Waals surface area contributed by atoms with Crippen LogP contribution in [0.15, 0.2) is 15.9 Å². The highest BCUT2D eigenvalue weighted by atomic mass is 79.9. The van der Waals surface area contributed by atoms with Crippen molar-refractivity contribution in [2.45, 2.75) is 58.6 Å². The Labute approximate surface area is 138 Å². The lowest BCUT2D eigenvalue weighted by Crippen LogP contribution is -2.42. The van der Waals surface area contributed by atoms with E-state index in [1.807, 2.05) is 6.07 Å². The van der Waals surface area contributed by atoms with Crippen molar-refractivity contribution < 1.29 is 14.3 Å². The van der Waals surface area contributed by atoms with E-state index in [1.165, 1.54) is 4.88 Å². The Kier molecular flexibility index (Phi) is 6.87. The lowest BCUT2D eigenvalue weighted by Gasteiger charge is -2.22. The number of amides is 1. The number of rotatable bonds is 6. The van der Waals surface area contributed by atoms with Gasteiger partial charge in [-0.05, 0) is 68.6 Å². The highest BCUT2D eigenvalue weighted by molar-refractivity contribution is 9.11. The second-order valence-electron chi connectivity index (χ2n) is 5.88. The maximum atomic E-state index is 11.8. The second-order valence-corrected chi connectivity index (χ2v) is 8.43. The van der Waals surface area contributed by atoms with Crippen molar-refractivity contribution in [3.05, 3.63) is 20.8 Å². The molecule has 1 aromatic rings. The molecule has 1 N–H and O–H groups in total. The van der Waals surface area contributed by atoms with Gasteiger partial charge in [0.1, 0.15) is 11.6 Å². The Morgan fingerprint density at radius 3 is 2.57 bits per heavy atom. The van der Waals surface area contributed by atoms with Crippen LogP contribution in [-0.4, -0.2) is 23.5 Å². The first kappa shape index (κ1) is 18.2. The Morgan fingerprint density at radius 2 is 2.05 bits per heavy atom. The van der Waals surface area contributed by atoms with Crippen LogP contribution in [0.2, 0.25) is 0 Å². The van der Waals surface area contributed by atoms with Gasteiger partial charge in [-0.1, -0.05) is 0 Å². The van der Waals surface area contributed by atoms with E-state index < -0.39 is 17.6 Å². The van der Waals surface area contributed by atoms with Crippen molar-refractivity contribution >= 4 is 39.1 Å². The smallest absolute Gasteiger partial charge is 0.328 e. The van der Waals surface area contributed by atoms with Crippen molar-refractivity contribution in [3.63, 3.8) is 0 Å². The Balaban J connectivity index is 2.28. The summed E-state index contributed by atoms with van der Waals surface area (Å²) in [4.78, 5) is 24.8. The third kappa shape index (κ3) is 7.62. The predicted molar refractivity (Wildman–Crippen MR) is 88.4 cm³/mol. The largest absolute Gasteiger partial charge is 0.458 e. The first-order chi connectivity index (χ1) is 9.67. The molecule has 0 saturated heterocycles. The summed E-state index contributed by atoms with van der Waals surface area (Å²) in [6, 6.07) is 3.44. The molecule has 0 fully saturated rings. The summed E-state index contributed by atoms with van der Waals surface area (Å²) in [7, 11) is 0. The molecule has 1 rings (SSSR count). The summed E-state index contributed by atoms with van der Waals surface area (Å²) >= 11 is 5.09. The SMILES string of the molecule is C[C@H](NC(=O)CCCc1ccc(Br)s1)C(=O)OC(C)(C)C. The second kappa shape index (κ2) is 7.94. The summed E-state index contributed by atoms with van der Waals surface area (Å²) in [6.07, 6.45) is 2.03. The Bertz CT molecular complexity index is 493. The average molecular weight is 376 g/mol. The van der Waals surface area contributed by atoms with Crippen LogP contribution < -0.4 is 5.32 Å². The summed E-state index contributed by atoms with van der Waals surface area (Å²) < 4.78 is 6.32. The van der Waals surface area contributed by atoms with Gasteiger partial charge in [0.15, 0.2) is 0 Å². The highest BCUT2D eigenvalue weighted by Gasteiger charge is 2.22. The number of ether oxygens (including phenoxy) is 1. The summed E-state index contributed by atoms with van der Waals surface area (Å²) in [6.45, 7) is 7.05. The number of thiophene rings is 1. The van der Waals surface area contributed by atoms with E-state index in [1.54, 1.807) is 39.0 Å². The number of nitrogens with one attached hydrogen (secondary N) is 1. The van der Waals surface area contributed by atoms with Crippen LogP contribution in [0, 0.1) is 0 Å². The molecule has 0 aromatic carbocycles. The van der Waals surface area contributed by atoms with Gasteiger partial charge in [-0.3, -0.25) is 4.79 Å². The average Bonchev–Trinajstić information content (AvgIpc) is 2.72. The first-order valence-electron chi connectivity index (χ1n) is 6.94. The van der Waals surface area contributed by atoms with Crippen molar-refractivity contribution in [2.24, 2.45) is 0 Å². The molecule has 0 saturated carbocycles. The molecule has 0 bridgehead atoms. The Morgan fingerprint density at radius 1 is 1.38 bits per heavy atom. The van der Waals surface area contributed by atoms with E-state index in [2.05, 4.69) is 27.3 Å². The number of hydrogen-bond acceptors (Lipinski definition) is 4. The molecule has 1 heterocycles. The molecule has 118 valence electrons. The molecular formula is C15H22BrNO3S. The molecule has 21 heavy (non-hydrogen) atoms. The van der Waals surface area contributed by atoms with Crippen LogP contribution in [0.3, 0.4) is 0 Å². The molecule has 1 atom stereocenters. The monoisotopic (exact) mass is 375 g/mol. The predicted octanol–water partition coefficient (Wildman–Crippen LogP) is 3.68. The molecule has 0 unspecified atom stereocenters. The van der Waals surface area contributed by atoms with E-state index in [0.717, 1.165) is 16.6 Å². The number of halogens is 1. The molecular weight excluding hydrogens is 354 g/mol.